The topological polar surface area (TPSA) is 20.3 Å². The van der Waals surface area contributed by atoms with E-state index in [1.54, 1.807) is 36.3 Å². The van der Waals surface area contributed by atoms with Gasteiger partial charge in [0.25, 0.3) is 5.91 Å². The van der Waals surface area contributed by atoms with Crippen LogP contribution in [0, 0.1) is 12.7 Å². The fourth-order valence-corrected chi connectivity index (χ4v) is 2.53. The molecule has 1 aromatic carbocycles. The van der Waals surface area contributed by atoms with Gasteiger partial charge in [-0.3, -0.25) is 4.79 Å². The van der Waals surface area contributed by atoms with Crippen molar-refractivity contribution in [1.29, 1.82) is 0 Å². The van der Waals surface area contributed by atoms with Gasteiger partial charge in [-0.15, -0.1) is 11.3 Å². The van der Waals surface area contributed by atoms with Crippen LogP contribution in [0.3, 0.4) is 0 Å². The average molecular weight is 277 g/mol. The molecule has 2 rings (SSSR count). The van der Waals surface area contributed by atoms with E-state index in [0.717, 1.165) is 6.42 Å². The molecular weight excluding hydrogens is 261 g/mol. The van der Waals surface area contributed by atoms with Gasteiger partial charge in [0.15, 0.2) is 0 Å². The highest BCUT2D eigenvalue weighted by Crippen LogP contribution is 2.13. The number of carbonyl (C=O) groups is 1. The molecule has 0 saturated heterocycles. The molecule has 0 saturated carbocycles. The minimum absolute atomic E-state index is 0.0698. The van der Waals surface area contributed by atoms with Crippen molar-refractivity contribution in [3.8, 4) is 0 Å². The van der Waals surface area contributed by atoms with Crippen molar-refractivity contribution in [3.05, 3.63) is 57.5 Å². The maximum Gasteiger partial charge on any atom is 0.253 e. The van der Waals surface area contributed by atoms with Gasteiger partial charge in [-0.05, 0) is 48.6 Å². The lowest BCUT2D eigenvalue weighted by molar-refractivity contribution is 0.0796. The van der Waals surface area contributed by atoms with Gasteiger partial charge in [0.1, 0.15) is 5.82 Å². The van der Waals surface area contributed by atoms with Crippen molar-refractivity contribution >= 4 is 17.2 Å². The number of hydrogen-bond donors (Lipinski definition) is 0. The second-order valence-electron chi connectivity index (χ2n) is 4.52. The fourth-order valence-electron chi connectivity index (χ4n) is 1.83. The molecule has 0 spiro atoms. The first kappa shape index (κ1) is 13.7. The van der Waals surface area contributed by atoms with Crippen LogP contribution >= 0.6 is 11.3 Å². The quantitative estimate of drug-likeness (QED) is 0.837. The molecule has 0 unspecified atom stereocenters. The highest BCUT2D eigenvalue weighted by atomic mass is 32.1. The predicted molar refractivity (Wildman–Crippen MR) is 76.1 cm³/mol. The van der Waals surface area contributed by atoms with Crippen LogP contribution in [0.25, 0.3) is 0 Å². The monoisotopic (exact) mass is 277 g/mol. The van der Waals surface area contributed by atoms with Gasteiger partial charge < -0.3 is 4.90 Å². The standard InChI is InChI=1S/C15H16FNOS/c1-11-10-12(5-6-14(11)16)15(18)17(2)8-7-13-4-3-9-19-13/h3-6,9-10H,7-8H2,1-2H3. The number of benzene rings is 1. The zero-order valence-corrected chi connectivity index (χ0v) is 11.8. The Balaban J connectivity index is 2.00. The predicted octanol–water partition coefficient (Wildman–Crippen LogP) is 3.51. The van der Waals surface area contributed by atoms with Crippen molar-refractivity contribution in [3.63, 3.8) is 0 Å². The number of nitrogens with zero attached hydrogens (tertiary/aromatic N) is 1. The number of thiophene rings is 1. The third-order valence-electron chi connectivity index (χ3n) is 3.03. The molecule has 19 heavy (non-hydrogen) atoms. The number of carbonyl (C=O) groups excluding carboxylic acids is 1. The molecule has 0 bridgehead atoms. The number of aryl methyl sites for hydroxylation is 1. The summed E-state index contributed by atoms with van der Waals surface area (Å²) in [6, 6.07) is 8.54. The summed E-state index contributed by atoms with van der Waals surface area (Å²) in [6.07, 6.45) is 0.847. The first-order chi connectivity index (χ1) is 9.08. The lowest BCUT2D eigenvalue weighted by Crippen LogP contribution is -2.28. The van der Waals surface area contributed by atoms with Crippen molar-refractivity contribution in [2.45, 2.75) is 13.3 Å². The van der Waals surface area contributed by atoms with E-state index in [0.29, 0.717) is 17.7 Å². The molecule has 4 heteroatoms. The average Bonchev–Trinajstić information content (AvgIpc) is 2.91. The van der Waals surface area contributed by atoms with Crippen molar-refractivity contribution in [2.24, 2.45) is 0 Å². The molecule has 2 nitrogen and oxygen atoms in total. The van der Waals surface area contributed by atoms with Crippen molar-refractivity contribution in [2.75, 3.05) is 13.6 Å². The van der Waals surface area contributed by atoms with Crippen LogP contribution in [0.15, 0.2) is 35.7 Å². The van der Waals surface area contributed by atoms with E-state index in [1.165, 1.54) is 17.0 Å². The van der Waals surface area contributed by atoms with Gasteiger partial charge >= 0.3 is 0 Å². The van der Waals surface area contributed by atoms with Crippen LogP contribution in [0.2, 0.25) is 0 Å². The minimum Gasteiger partial charge on any atom is -0.341 e. The van der Waals surface area contributed by atoms with Crippen LogP contribution in [0.4, 0.5) is 4.39 Å². The molecule has 1 amide bonds. The number of rotatable bonds is 4. The number of amides is 1. The summed E-state index contributed by atoms with van der Waals surface area (Å²) in [4.78, 5) is 15.1. The van der Waals surface area contributed by atoms with E-state index in [2.05, 4.69) is 6.07 Å². The highest BCUT2D eigenvalue weighted by molar-refractivity contribution is 7.09. The second kappa shape index (κ2) is 5.97. The van der Waals surface area contributed by atoms with Gasteiger partial charge in [0.05, 0.1) is 0 Å². The van der Waals surface area contributed by atoms with Crippen molar-refractivity contribution < 1.29 is 9.18 Å². The minimum atomic E-state index is -0.280. The SMILES string of the molecule is Cc1cc(C(=O)N(C)CCc2cccs2)ccc1F. The van der Waals surface area contributed by atoms with Crippen LogP contribution < -0.4 is 0 Å². The fraction of sp³-hybridized carbons (Fsp3) is 0.267. The Labute approximate surface area is 116 Å². The molecule has 0 fully saturated rings. The van der Waals surface area contributed by atoms with E-state index in [4.69, 9.17) is 0 Å². The molecular formula is C15H16FNOS. The smallest absolute Gasteiger partial charge is 0.253 e. The van der Waals surface area contributed by atoms with Crippen molar-refractivity contribution in [1.82, 2.24) is 4.90 Å². The lowest BCUT2D eigenvalue weighted by atomic mass is 10.1. The van der Waals surface area contributed by atoms with E-state index < -0.39 is 0 Å². The molecule has 0 N–H and O–H groups in total. The van der Waals surface area contributed by atoms with E-state index in [9.17, 15) is 9.18 Å². The maximum absolute atomic E-state index is 13.2. The molecule has 0 atom stereocenters. The van der Waals surface area contributed by atoms with E-state index >= 15 is 0 Å². The Kier molecular flexibility index (Phi) is 4.32. The van der Waals surface area contributed by atoms with Gasteiger partial charge in [-0.2, -0.15) is 0 Å². The maximum atomic E-state index is 13.2. The molecule has 1 aromatic heterocycles. The Morgan fingerprint density at radius 2 is 2.16 bits per heavy atom. The third-order valence-corrected chi connectivity index (χ3v) is 3.96. The summed E-state index contributed by atoms with van der Waals surface area (Å²) in [7, 11) is 1.77. The summed E-state index contributed by atoms with van der Waals surface area (Å²) < 4.78 is 13.2. The van der Waals surface area contributed by atoms with Gasteiger partial charge in [-0.1, -0.05) is 6.07 Å². The molecule has 0 aliphatic carbocycles. The van der Waals surface area contributed by atoms with E-state index in [-0.39, 0.29) is 11.7 Å². The highest BCUT2D eigenvalue weighted by Gasteiger charge is 2.12. The lowest BCUT2D eigenvalue weighted by Gasteiger charge is -2.17. The summed E-state index contributed by atoms with van der Waals surface area (Å²) in [5.74, 6) is -0.350. The Morgan fingerprint density at radius 1 is 1.37 bits per heavy atom. The van der Waals surface area contributed by atoms with Gasteiger partial charge in [0.2, 0.25) is 0 Å². The number of hydrogen-bond acceptors (Lipinski definition) is 2. The molecule has 100 valence electrons. The van der Waals surface area contributed by atoms with Crippen LogP contribution in [0.1, 0.15) is 20.8 Å². The van der Waals surface area contributed by atoms with E-state index in [1.807, 2.05) is 11.4 Å². The Bertz CT molecular complexity index is 566. The number of likely N-dealkylation sites (N-methyl/N-ethyl adjacent to an activating group) is 1. The van der Waals surface area contributed by atoms with Gasteiger partial charge in [-0.25, -0.2) is 4.39 Å². The van der Waals surface area contributed by atoms with Crippen LogP contribution in [0.5, 0.6) is 0 Å². The molecule has 1 heterocycles. The summed E-state index contributed by atoms with van der Waals surface area (Å²) >= 11 is 1.69. The first-order valence-corrected chi connectivity index (χ1v) is 7.00. The second-order valence-corrected chi connectivity index (χ2v) is 5.55. The van der Waals surface area contributed by atoms with Crippen LogP contribution in [-0.4, -0.2) is 24.4 Å². The van der Waals surface area contributed by atoms with Gasteiger partial charge in [0, 0.05) is 24.0 Å². The zero-order valence-electron chi connectivity index (χ0n) is 11.0. The molecule has 2 aromatic rings. The normalized spacial score (nSPS) is 10.5. The Hall–Kier alpha value is -1.68. The third kappa shape index (κ3) is 3.41. The molecule has 0 aliphatic rings. The number of halogens is 1. The molecule has 0 radical (unpaired) electrons. The molecule has 0 aliphatic heterocycles. The Morgan fingerprint density at radius 3 is 2.79 bits per heavy atom. The van der Waals surface area contributed by atoms with Crippen LogP contribution in [-0.2, 0) is 6.42 Å². The summed E-state index contributed by atoms with van der Waals surface area (Å²) in [6.45, 7) is 2.33. The largest absolute Gasteiger partial charge is 0.341 e. The zero-order chi connectivity index (χ0) is 13.8. The summed E-state index contributed by atoms with van der Waals surface area (Å²) in [5, 5.41) is 2.03. The summed E-state index contributed by atoms with van der Waals surface area (Å²) in [5.41, 5.74) is 1.03. The first-order valence-electron chi connectivity index (χ1n) is 6.12.